The minimum Gasteiger partial charge on any atom is -0.323 e. The molecule has 140 valence electrons. The molecule has 0 spiro atoms. The summed E-state index contributed by atoms with van der Waals surface area (Å²) in [5, 5.41) is 12.7. The van der Waals surface area contributed by atoms with Gasteiger partial charge < -0.3 is 5.32 Å². The number of nitrogens with zero attached hydrogens (tertiary/aromatic N) is 2. The average Bonchev–Trinajstić information content (AvgIpc) is 2.78. The third-order valence-corrected chi connectivity index (χ3v) is 4.72. The molecule has 1 N–H and O–H groups in total. The number of fused-ring (bicyclic) bond motifs is 1. The second-order valence-electron chi connectivity index (χ2n) is 6.55. The van der Waals surface area contributed by atoms with Crippen molar-refractivity contribution in [2.75, 3.05) is 4.90 Å². The number of benzene rings is 3. The minimum absolute atomic E-state index is 0.302. The van der Waals surface area contributed by atoms with Crippen molar-refractivity contribution < 1.29 is 9.59 Å². The normalized spacial score (nSPS) is 14.9. The first-order valence-electron chi connectivity index (χ1n) is 9.14. The number of nitriles is 1. The fourth-order valence-corrected chi connectivity index (χ4v) is 3.32. The fraction of sp³-hybridized carbons (Fsp3) is 0.0417. The number of carbonyl (C=O) groups is 2. The van der Waals surface area contributed by atoms with Crippen LogP contribution in [-0.2, 0) is 0 Å². The van der Waals surface area contributed by atoms with Crippen LogP contribution in [-0.4, -0.2) is 17.9 Å². The molecule has 1 unspecified atom stereocenters. The first-order chi connectivity index (χ1) is 14.2. The molecule has 1 aliphatic rings. The zero-order valence-electron chi connectivity index (χ0n) is 15.4. The molecule has 1 aliphatic heterocycles. The maximum atomic E-state index is 13.3. The van der Waals surface area contributed by atoms with E-state index >= 15 is 0 Å². The summed E-state index contributed by atoms with van der Waals surface area (Å²) in [7, 11) is 0. The largest absolute Gasteiger partial charge is 0.323 e. The lowest BCUT2D eigenvalue weighted by Crippen LogP contribution is -2.47. The summed E-state index contributed by atoms with van der Waals surface area (Å²) in [6, 6.07) is 26.1. The van der Waals surface area contributed by atoms with Gasteiger partial charge in [-0.15, -0.1) is 0 Å². The molecule has 0 fully saturated rings. The molecule has 29 heavy (non-hydrogen) atoms. The fourth-order valence-electron chi connectivity index (χ4n) is 3.32. The molecule has 5 heteroatoms. The summed E-state index contributed by atoms with van der Waals surface area (Å²) in [6.07, 6.45) is 1.75. The predicted octanol–water partition coefficient (Wildman–Crippen LogP) is 4.01. The summed E-state index contributed by atoms with van der Waals surface area (Å²) in [5.41, 5.74) is 2.70. The van der Waals surface area contributed by atoms with Gasteiger partial charge in [0.15, 0.2) is 6.04 Å². The van der Waals surface area contributed by atoms with Gasteiger partial charge in [-0.3, -0.25) is 14.5 Å². The highest BCUT2D eigenvalue weighted by Crippen LogP contribution is 2.33. The van der Waals surface area contributed by atoms with E-state index in [1.807, 2.05) is 30.3 Å². The monoisotopic (exact) mass is 379 g/mol. The van der Waals surface area contributed by atoms with Gasteiger partial charge in [0.1, 0.15) is 0 Å². The number of amides is 2. The Morgan fingerprint density at radius 2 is 1.41 bits per heavy atom. The van der Waals surface area contributed by atoms with Crippen LogP contribution in [0.5, 0.6) is 0 Å². The molecular formula is C24H17N3O2. The van der Waals surface area contributed by atoms with Crippen molar-refractivity contribution in [3.8, 4) is 6.07 Å². The molecule has 2 amide bonds. The Bertz CT molecular complexity index is 1130. The molecular weight excluding hydrogens is 362 g/mol. The van der Waals surface area contributed by atoms with Gasteiger partial charge in [0.05, 0.1) is 17.5 Å². The van der Waals surface area contributed by atoms with Gasteiger partial charge in [0, 0.05) is 16.7 Å². The highest BCUT2D eigenvalue weighted by atomic mass is 16.2. The van der Waals surface area contributed by atoms with Gasteiger partial charge in [0.2, 0.25) is 0 Å². The Morgan fingerprint density at radius 3 is 2.07 bits per heavy atom. The van der Waals surface area contributed by atoms with E-state index in [-0.39, 0.29) is 11.8 Å². The molecule has 0 saturated heterocycles. The van der Waals surface area contributed by atoms with Crippen LogP contribution in [0.1, 0.15) is 26.3 Å². The van der Waals surface area contributed by atoms with Crippen LogP contribution in [0.15, 0.2) is 90.6 Å². The molecule has 0 aliphatic carbocycles. The number of carbonyl (C=O) groups excluding carboxylic acids is 2. The molecule has 3 aromatic carbocycles. The average molecular weight is 379 g/mol. The topological polar surface area (TPSA) is 73.2 Å². The number of nitrogens with one attached hydrogen (secondary N) is 1. The molecule has 0 bridgehead atoms. The Hall–Kier alpha value is -4.17. The zero-order chi connectivity index (χ0) is 20.2. The van der Waals surface area contributed by atoms with Gasteiger partial charge in [-0.05, 0) is 36.4 Å². The molecule has 3 aromatic rings. The minimum atomic E-state index is -0.953. The van der Waals surface area contributed by atoms with Crippen LogP contribution in [0, 0.1) is 11.3 Å². The van der Waals surface area contributed by atoms with Crippen LogP contribution in [0.2, 0.25) is 0 Å². The third-order valence-electron chi connectivity index (χ3n) is 4.72. The van der Waals surface area contributed by atoms with Crippen molar-refractivity contribution in [2.45, 2.75) is 6.04 Å². The molecule has 0 aromatic heterocycles. The smallest absolute Gasteiger partial charge is 0.259 e. The van der Waals surface area contributed by atoms with E-state index in [2.05, 4.69) is 11.4 Å². The van der Waals surface area contributed by atoms with Crippen molar-refractivity contribution in [2.24, 2.45) is 0 Å². The summed E-state index contributed by atoms with van der Waals surface area (Å²) >= 11 is 0. The van der Waals surface area contributed by atoms with Gasteiger partial charge >= 0.3 is 0 Å². The first-order valence-corrected chi connectivity index (χ1v) is 9.14. The van der Waals surface area contributed by atoms with Crippen LogP contribution in [0.4, 0.5) is 5.69 Å². The lowest BCUT2D eigenvalue weighted by atomic mass is 9.98. The molecule has 0 saturated carbocycles. The van der Waals surface area contributed by atoms with Gasteiger partial charge in [-0.2, -0.15) is 5.26 Å². The summed E-state index contributed by atoms with van der Waals surface area (Å²) in [4.78, 5) is 27.4. The van der Waals surface area contributed by atoms with Crippen molar-refractivity contribution in [3.05, 3.63) is 107 Å². The van der Waals surface area contributed by atoms with Crippen molar-refractivity contribution >= 4 is 23.6 Å². The van der Waals surface area contributed by atoms with Crippen molar-refractivity contribution in [1.82, 2.24) is 5.32 Å². The molecule has 4 rings (SSSR count). The lowest BCUT2D eigenvalue weighted by Gasteiger charge is -2.34. The highest BCUT2D eigenvalue weighted by molar-refractivity contribution is 6.09. The van der Waals surface area contributed by atoms with Gasteiger partial charge in [-0.1, -0.05) is 54.6 Å². The predicted molar refractivity (Wildman–Crippen MR) is 111 cm³/mol. The summed E-state index contributed by atoms with van der Waals surface area (Å²) in [5.74, 6) is -0.632. The second kappa shape index (κ2) is 7.83. The van der Waals surface area contributed by atoms with E-state index in [0.29, 0.717) is 22.5 Å². The van der Waals surface area contributed by atoms with E-state index < -0.39 is 6.04 Å². The number of rotatable bonds is 3. The van der Waals surface area contributed by atoms with E-state index in [1.165, 1.54) is 4.90 Å². The van der Waals surface area contributed by atoms with E-state index in [1.54, 1.807) is 60.7 Å². The van der Waals surface area contributed by atoms with Crippen molar-refractivity contribution in [3.63, 3.8) is 0 Å². The van der Waals surface area contributed by atoms with Gasteiger partial charge in [0.25, 0.3) is 11.8 Å². The van der Waals surface area contributed by atoms with Crippen LogP contribution >= 0.6 is 0 Å². The van der Waals surface area contributed by atoms with Crippen molar-refractivity contribution in [1.29, 1.82) is 5.26 Å². The second-order valence-corrected chi connectivity index (χ2v) is 6.55. The first kappa shape index (κ1) is 18.2. The highest BCUT2D eigenvalue weighted by Gasteiger charge is 2.34. The lowest BCUT2D eigenvalue weighted by molar-refractivity contribution is 0.0951. The Morgan fingerprint density at radius 1 is 0.828 bits per heavy atom. The number of hydrogen-bond acceptors (Lipinski definition) is 3. The third kappa shape index (κ3) is 3.52. The maximum absolute atomic E-state index is 13.3. The number of para-hydroxylation sites is 1. The molecule has 1 atom stereocenters. The maximum Gasteiger partial charge on any atom is 0.259 e. The zero-order valence-corrected chi connectivity index (χ0v) is 15.4. The quantitative estimate of drug-likeness (QED) is 0.747. The Balaban J connectivity index is 1.75. The summed E-state index contributed by atoms with van der Waals surface area (Å²) in [6.45, 7) is 0. The standard InChI is InChI=1S/C24H17N3O2/c25-16-22-20(26-23(28)17-9-3-1-4-10-17)15-19-13-7-8-14-21(19)27(22)24(29)18-11-5-2-6-12-18/h1-15,22H,(H,26,28). The van der Waals surface area contributed by atoms with Crippen LogP contribution in [0.25, 0.3) is 6.08 Å². The number of anilines is 1. The molecule has 0 radical (unpaired) electrons. The van der Waals surface area contributed by atoms with Crippen LogP contribution < -0.4 is 10.2 Å². The van der Waals surface area contributed by atoms with E-state index in [0.717, 1.165) is 5.56 Å². The SMILES string of the molecule is N#CC1C(NC(=O)c2ccccc2)=Cc2ccccc2N1C(=O)c1ccccc1. The number of hydrogen-bond donors (Lipinski definition) is 1. The van der Waals surface area contributed by atoms with Gasteiger partial charge in [-0.25, -0.2) is 0 Å². The Kier molecular flexibility index (Phi) is 4.91. The van der Waals surface area contributed by atoms with E-state index in [9.17, 15) is 14.9 Å². The molecule has 1 heterocycles. The van der Waals surface area contributed by atoms with E-state index in [4.69, 9.17) is 0 Å². The van der Waals surface area contributed by atoms with Crippen LogP contribution in [0.3, 0.4) is 0 Å². The molecule has 5 nitrogen and oxygen atoms in total. The summed E-state index contributed by atoms with van der Waals surface area (Å²) < 4.78 is 0. The Labute approximate surface area is 168 Å².